The van der Waals surface area contributed by atoms with Gasteiger partial charge in [0.25, 0.3) is 0 Å². The van der Waals surface area contributed by atoms with Gasteiger partial charge in [-0.15, -0.1) is 11.8 Å². The van der Waals surface area contributed by atoms with Crippen molar-refractivity contribution in [3.8, 4) is 0 Å². The molecular weight excluding hydrogens is 118 g/mol. The molecule has 0 saturated carbocycles. The van der Waals surface area contributed by atoms with Crippen molar-refractivity contribution in [2.45, 2.75) is 26.1 Å². The van der Waals surface area contributed by atoms with Crippen LogP contribution in [0.5, 0.6) is 0 Å². The molecule has 0 N–H and O–H groups in total. The maximum atomic E-state index is 4.28. The smallest absolute Gasteiger partial charge is 0.0919 e. The van der Waals surface area contributed by atoms with E-state index >= 15 is 0 Å². The Balaban J connectivity index is 3.51. The number of rotatable bonds is 2. The minimum atomic E-state index is 0.431. The second kappa shape index (κ2) is 3.96. The molecule has 0 aliphatic rings. The minimum Gasteiger partial charge on any atom is -0.281 e. The van der Waals surface area contributed by atoms with Gasteiger partial charge in [0.15, 0.2) is 0 Å². The van der Waals surface area contributed by atoms with Crippen molar-refractivity contribution in [2.75, 3.05) is 6.26 Å². The van der Waals surface area contributed by atoms with Gasteiger partial charge >= 0.3 is 0 Å². The predicted molar refractivity (Wildman–Crippen MR) is 41.8 cm³/mol. The lowest BCUT2D eigenvalue weighted by atomic mass is 10.5. The van der Waals surface area contributed by atoms with E-state index in [1.54, 1.807) is 11.8 Å². The van der Waals surface area contributed by atoms with Gasteiger partial charge < -0.3 is 0 Å². The summed E-state index contributed by atoms with van der Waals surface area (Å²) in [5.74, 6) is 0. The summed E-state index contributed by atoms with van der Waals surface area (Å²) in [7, 11) is 0. The number of hydrogen-bond acceptors (Lipinski definition) is 2. The van der Waals surface area contributed by atoms with Crippen LogP contribution < -0.4 is 0 Å². The molecular formula is C6H13NS. The molecule has 0 aromatic rings. The van der Waals surface area contributed by atoms with E-state index < -0.39 is 0 Å². The van der Waals surface area contributed by atoms with Crippen LogP contribution in [0.15, 0.2) is 4.99 Å². The summed E-state index contributed by atoms with van der Waals surface area (Å²) in [5.41, 5.74) is 1.16. The maximum Gasteiger partial charge on any atom is 0.0919 e. The van der Waals surface area contributed by atoms with Crippen molar-refractivity contribution in [1.82, 2.24) is 0 Å². The Hall–Kier alpha value is 0.0200. The number of thioether (sulfide) groups is 1. The van der Waals surface area contributed by atoms with E-state index in [9.17, 15) is 0 Å². The van der Waals surface area contributed by atoms with Crippen LogP contribution in [-0.4, -0.2) is 17.3 Å². The third-order valence-electron chi connectivity index (χ3n) is 0.781. The molecule has 8 heavy (non-hydrogen) atoms. The van der Waals surface area contributed by atoms with Crippen molar-refractivity contribution in [3.05, 3.63) is 0 Å². The van der Waals surface area contributed by atoms with Gasteiger partial charge in [-0.1, -0.05) is 0 Å². The lowest BCUT2D eigenvalue weighted by Crippen LogP contribution is -1.92. The van der Waals surface area contributed by atoms with Crippen LogP contribution in [-0.2, 0) is 0 Å². The van der Waals surface area contributed by atoms with Gasteiger partial charge in [0.05, 0.1) is 5.37 Å². The predicted octanol–water partition coefficient (Wildman–Crippen LogP) is 2.18. The first-order valence-corrected chi connectivity index (χ1v) is 3.99. The van der Waals surface area contributed by atoms with Crippen LogP contribution >= 0.6 is 11.8 Å². The monoisotopic (exact) mass is 131 g/mol. The molecule has 0 heterocycles. The first kappa shape index (κ1) is 8.02. The Bertz CT molecular complexity index is 84.5. The van der Waals surface area contributed by atoms with E-state index in [2.05, 4.69) is 18.2 Å². The van der Waals surface area contributed by atoms with Crippen molar-refractivity contribution in [3.63, 3.8) is 0 Å². The summed E-state index contributed by atoms with van der Waals surface area (Å²) >= 11 is 1.77. The molecule has 1 unspecified atom stereocenters. The molecule has 2 heteroatoms. The molecule has 1 atom stereocenters. The van der Waals surface area contributed by atoms with Gasteiger partial charge in [-0.05, 0) is 27.0 Å². The molecule has 0 rings (SSSR count). The highest BCUT2D eigenvalue weighted by molar-refractivity contribution is 7.99. The topological polar surface area (TPSA) is 12.4 Å². The van der Waals surface area contributed by atoms with Crippen LogP contribution in [0.3, 0.4) is 0 Å². The maximum absolute atomic E-state index is 4.28. The van der Waals surface area contributed by atoms with E-state index in [0.29, 0.717) is 5.37 Å². The molecule has 0 amide bonds. The fraction of sp³-hybridized carbons (Fsp3) is 0.833. The molecule has 0 bridgehead atoms. The van der Waals surface area contributed by atoms with E-state index in [-0.39, 0.29) is 0 Å². The molecule has 0 aliphatic carbocycles. The van der Waals surface area contributed by atoms with E-state index in [4.69, 9.17) is 0 Å². The average molecular weight is 131 g/mol. The number of aliphatic imine (C=N–C) groups is 1. The molecule has 0 radical (unpaired) electrons. The zero-order valence-corrected chi connectivity index (χ0v) is 6.75. The Kier molecular flexibility index (Phi) is 3.97. The van der Waals surface area contributed by atoms with Gasteiger partial charge in [-0.3, -0.25) is 4.99 Å². The Labute approximate surface area is 55.6 Å². The highest BCUT2D eigenvalue weighted by atomic mass is 32.2. The van der Waals surface area contributed by atoms with Gasteiger partial charge in [-0.2, -0.15) is 0 Å². The third kappa shape index (κ3) is 4.19. The first-order valence-electron chi connectivity index (χ1n) is 2.70. The summed E-state index contributed by atoms with van der Waals surface area (Å²) in [6, 6.07) is 0. The largest absolute Gasteiger partial charge is 0.281 e. The lowest BCUT2D eigenvalue weighted by Gasteiger charge is -1.99. The van der Waals surface area contributed by atoms with Crippen molar-refractivity contribution < 1.29 is 0 Å². The molecule has 0 aromatic heterocycles. The van der Waals surface area contributed by atoms with Gasteiger partial charge in [0.1, 0.15) is 0 Å². The molecule has 0 saturated heterocycles. The van der Waals surface area contributed by atoms with Crippen LogP contribution in [0.25, 0.3) is 0 Å². The van der Waals surface area contributed by atoms with Crippen LogP contribution in [0.4, 0.5) is 0 Å². The highest BCUT2D eigenvalue weighted by Gasteiger charge is 1.90. The normalized spacial score (nSPS) is 13.0. The lowest BCUT2D eigenvalue weighted by molar-refractivity contribution is 1.04. The van der Waals surface area contributed by atoms with Crippen LogP contribution in [0, 0.1) is 0 Å². The van der Waals surface area contributed by atoms with E-state index in [0.717, 1.165) is 5.71 Å². The molecule has 48 valence electrons. The van der Waals surface area contributed by atoms with Crippen molar-refractivity contribution in [2.24, 2.45) is 4.99 Å². The Morgan fingerprint density at radius 3 is 2.12 bits per heavy atom. The Morgan fingerprint density at radius 2 is 2.00 bits per heavy atom. The quantitative estimate of drug-likeness (QED) is 0.523. The summed E-state index contributed by atoms with van der Waals surface area (Å²) in [5, 5.41) is 0.431. The zero-order chi connectivity index (χ0) is 6.57. The third-order valence-corrected chi connectivity index (χ3v) is 1.57. The molecule has 0 fully saturated rings. The summed E-state index contributed by atoms with van der Waals surface area (Å²) in [6.45, 7) is 6.14. The molecule has 0 aliphatic heterocycles. The van der Waals surface area contributed by atoms with E-state index in [1.807, 2.05) is 13.8 Å². The van der Waals surface area contributed by atoms with Crippen molar-refractivity contribution >= 4 is 17.5 Å². The summed E-state index contributed by atoms with van der Waals surface area (Å²) < 4.78 is 0. The van der Waals surface area contributed by atoms with Gasteiger partial charge in [-0.25, -0.2) is 0 Å². The SMILES string of the molecule is CSC(C)N=C(C)C. The van der Waals surface area contributed by atoms with Gasteiger partial charge in [0, 0.05) is 5.71 Å². The molecule has 0 spiro atoms. The van der Waals surface area contributed by atoms with Gasteiger partial charge in [0.2, 0.25) is 0 Å². The number of nitrogens with zero attached hydrogens (tertiary/aromatic N) is 1. The molecule has 1 nitrogen and oxygen atoms in total. The van der Waals surface area contributed by atoms with Crippen molar-refractivity contribution in [1.29, 1.82) is 0 Å². The van der Waals surface area contributed by atoms with Crippen LogP contribution in [0.1, 0.15) is 20.8 Å². The minimum absolute atomic E-state index is 0.431. The average Bonchev–Trinajstić information content (AvgIpc) is 1.65. The fourth-order valence-electron chi connectivity index (χ4n) is 0.416. The second-order valence-electron chi connectivity index (χ2n) is 1.91. The molecule has 0 aromatic carbocycles. The standard InChI is InChI=1S/C6H13NS/c1-5(2)7-6(3)8-4/h6H,1-4H3. The fourth-order valence-corrected chi connectivity index (χ4v) is 0.733. The first-order chi connectivity index (χ1) is 3.66. The van der Waals surface area contributed by atoms with E-state index in [1.165, 1.54) is 0 Å². The van der Waals surface area contributed by atoms with Crippen LogP contribution in [0.2, 0.25) is 0 Å². The summed E-state index contributed by atoms with van der Waals surface area (Å²) in [4.78, 5) is 4.28. The Morgan fingerprint density at radius 1 is 1.50 bits per heavy atom. The number of hydrogen-bond donors (Lipinski definition) is 0. The zero-order valence-electron chi connectivity index (χ0n) is 5.93. The highest BCUT2D eigenvalue weighted by Crippen LogP contribution is 2.05. The summed E-state index contributed by atoms with van der Waals surface area (Å²) in [6.07, 6.45) is 2.07. The second-order valence-corrected chi connectivity index (χ2v) is 3.06.